The van der Waals surface area contributed by atoms with E-state index in [2.05, 4.69) is 5.32 Å². The maximum atomic E-state index is 13.0. The molecular weight excluding hydrogens is 267 g/mol. The van der Waals surface area contributed by atoms with Crippen LogP contribution in [0.4, 0.5) is 10.1 Å². The fraction of sp³-hybridized carbons (Fsp3) is 0.588. The minimum atomic E-state index is -0.266. The van der Waals surface area contributed by atoms with E-state index in [-0.39, 0.29) is 11.7 Å². The molecule has 0 aliphatic carbocycles. The molecule has 0 radical (unpaired) electrons. The lowest BCUT2D eigenvalue weighted by atomic mass is 9.89. The third kappa shape index (κ3) is 3.26. The number of rotatable bonds is 4. The SMILES string of the molecule is CCN(C(=O)CC1CC2CCC(C1)N2)c1ccc(F)cc1. The molecule has 2 atom stereocenters. The number of nitrogens with zero attached hydrogens (tertiary/aromatic N) is 1. The Labute approximate surface area is 125 Å². The van der Waals surface area contributed by atoms with Crippen molar-refractivity contribution in [1.82, 2.24) is 5.32 Å². The smallest absolute Gasteiger partial charge is 0.227 e. The standard InChI is InChI=1S/C17H23FN2O/c1-2-20(16-7-3-13(18)4-8-16)17(21)11-12-9-14-5-6-15(10-12)19-14/h3-4,7-8,12,14-15,19H,2,5-6,9-11H2,1H3. The summed E-state index contributed by atoms with van der Waals surface area (Å²) in [4.78, 5) is 14.3. The van der Waals surface area contributed by atoms with Gasteiger partial charge in [-0.15, -0.1) is 0 Å². The summed E-state index contributed by atoms with van der Waals surface area (Å²) >= 11 is 0. The zero-order valence-corrected chi connectivity index (χ0v) is 12.5. The number of fused-ring (bicyclic) bond motifs is 2. The number of benzene rings is 1. The summed E-state index contributed by atoms with van der Waals surface area (Å²) in [5, 5.41) is 3.61. The summed E-state index contributed by atoms with van der Waals surface area (Å²) in [6.45, 7) is 2.59. The second-order valence-electron chi connectivity index (χ2n) is 6.29. The monoisotopic (exact) mass is 290 g/mol. The normalized spacial score (nSPS) is 27.6. The van der Waals surface area contributed by atoms with E-state index >= 15 is 0 Å². The number of nitrogens with one attached hydrogen (secondary N) is 1. The van der Waals surface area contributed by atoms with E-state index in [1.807, 2.05) is 6.92 Å². The van der Waals surface area contributed by atoms with Crippen molar-refractivity contribution < 1.29 is 9.18 Å². The Hall–Kier alpha value is -1.42. The first-order valence-electron chi connectivity index (χ1n) is 7.97. The zero-order chi connectivity index (χ0) is 14.8. The highest BCUT2D eigenvalue weighted by atomic mass is 19.1. The van der Waals surface area contributed by atoms with Crippen LogP contribution >= 0.6 is 0 Å². The maximum absolute atomic E-state index is 13.0. The van der Waals surface area contributed by atoms with Crippen LogP contribution in [0.2, 0.25) is 0 Å². The van der Waals surface area contributed by atoms with Gasteiger partial charge in [0.2, 0.25) is 5.91 Å². The second-order valence-corrected chi connectivity index (χ2v) is 6.29. The Morgan fingerprint density at radius 1 is 1.24 bits per heavy atom. The molecule has 3 rings (SSSR count). The van der Waals surface area contributed by atoms with E-state index < -0.39 is 0 Å². The van der Waals surface area contributed by atoms with E-state index in [1.54, 1.807) is 17.0 Å². The van der Waals surface area contributed by atoms with Crippen LogP contribution in [0.1, 0.15) is 39.0 Å². The largest absolute Gasteiger partial charge is 0.313 e. The molecule has 3 nitrogen and oxygen atoms in total. The lowest BCUT2D eigenvalue weighted by molar-refractivity contribution is -0.119. The highest BCUT2D eigenvalue weighted by molar-refractivity contribution is 5.93. The molecule has 21 heavy (non-hydrogen) atoms. The molecule has 4 heteroatoms. The number of carbonyl (C=O) groups excluding carboxylic acids is 1. The van der Waals surface area contributed by atoms with Crippen molar-refractivity contribution in [2.75, 3.05) is 11.4 Å². The molecule has 0 aromatic heterocycles. The van der Waals surface area contributed by atoms with E-state index in [0.717, 1.165) is 18.5 Å². The first-order chi connectivity index (χ1) is 10.2. The van der Waals surface area contributed by atoms with Crippen molar-refractivity contribution >= 4 is 11.6 Å². The summed E-state index contributed by atoms with van der Waals surface area (Å²) in [6.07, 6.45) is 5.35. The predicted octanol–water partition coefficient (Wildman–Crippen LogP) is 3.10. The van der Waals surface area contributed by atoms with Gasteiger partial charge in [0.25, 0.3) is 0 Å². The van der Waals surface area contributed by atoms with Crippen LogP contribution in [0.25, 0.3) is 0 Å². The Morgan fingerprint density at radius 3 is 2.43 bits per heavy atom. The van der Waals surface area contributed by atoms with Crippen molar-refractivity contribution in [3.05, 3.63) is 30.1 Å². The van der Waals surface area contributed by atoms with E-state index in [0.29, 0.717) is 31.0 Å². The molecule has 2 saturated heterocycles. The molecule has 1 amide bonds. The van der Waals surface area contributed by atoms with Gasteiger partial charge in [-0.25, -0.2) is 4.39 Å². The average molecular weight is 290 g/mol. The number of halogens is 1. The first-order valence-corrected chi connectivity index (χ1v) is 7.97. The molecule has 2 aliphatic rings. The number of amides is 1. The van der Waals surface area contributed by atoms with Crippen molar-refractivity contribution in [3.8, 4) is 0 Å². The van der Waals surface area contributed by atoms with Crippen LogP contribution in [0.15, 0.2) is 24.3 Å². The Bertz CT molecular complexity index is 490. The van der Waals surface area contributed by atoms with Gasteiger partial charge in [-0.2, -0.15) is 0 Å². The predicted molar refractivity (Wildman–Crippen MR) is 81.7 cm³/mol. The number of hydrogen-bond acceptors (Lipinski definition) is 2. The number of carbonyl (C=O) groups is 1. The van der Waals surface area contributed by atoms with Gasteiger partial charge in [-0.1, -0.05) is 0 Å². The molecule has 2 aliphatic heterocycles. The highest BCUT2D eigenvalue weighted by Gasteiger charge is 2.34. The minimum absolute atomic E-state index is 0.162. The third-order valence-corrected chi connectivity index (χ3v) is 4.79. The van der Waals surface area contributed by atoms with Gasteiger partial charge in [-0.3, -0.25) is 4.79 Å². The van der Waals surface area contributed by atoms with Crippen molar-refractivity contribution in [1.29, 1.82) is 0 Å². The van der Waals surface area contributed by atoms with E-state index in [9.17, 15) is 9.18 Å². The summed E-state index contributed by atoms with van der Waals surface area (Å²) < 4.78 is 13.0. The molecule has 0 saturated carbocycles. The van der Waals surface area contributed by atoms with Gasteiger partial charge >= 0.3 is 0 Å². The zero-order valence-electron chi connectivity index (χ0n) is 12.5. The van der Waals surface area contributed by atoms with Crippen LogP contribution in [0.5, 0.6) is 0 Å². The van der Waals surface area contributed by atoms with Crippen LogP contribution in [-0.2, 0) is 4.79 Å². The molecule has 2 bridgehead atoms. The van der Waals surface area contributed by atoms with Crippen LogP contribution in [0.3, 0.4) is 0 Å². The molecule has 2 heterocycles. The molecule has 0 spiro atoms. The molecular formula is C17H23FN2O. The van der Waals surface area contributed by atoms with Crippen molar-refractivity contribution in [2.24, 2.45) is 5.92 Å². The molecule has 1 aromatic rings. The van der Waals surface area contributed by atoms with Gasteiger partial charge in [-0.05, 0) is 62.8 Å². The molecule has 1 N–H and O–H groups in total. The van der Waals surface area contributed by atoms with E-state index in [4.69, 9.17) is 0 Å². The Morgan fingerprint density at radius 2 is 1.86 bits per heavy atom. The second kappa shape index (κ2) is 6.14. The van der Waals surface area contributed by atoms with Gasteiger partial charge < -0.3 is 10.2 Å². The highest BCUT2D eigenvalue weighted by Crippen LogP contribution is 2.33. The van der Waals surface area contributed by atoms with Crippen molar-refractivity contribution in [2.45, 2.75) is 51.1 Å². The van der Waals surface area contributed by atoms with Crippen molar-refractivity contribution in [3.63, 3.8) is 0 Å². The van der Waals surface area contributed by atoms with Gasteiger partial charge in [0.05, 0.1) is 0 Å². The molecule has 1 aromatic carbocycles. The quantitative estimate of drug-likeness (QED) is 0.924. The summed E-state index contributed by atoms with van der Waals surface area (Å²) in [5.74, 6) is 0.387. The topological polar surface area (TPSA) is 32.3 Å². The molecule has 114 valence electrons. The minimum Gasteiger partial charge on any atom is -0.313 e. The van der Waals surface area contributed by atoms with E-state index in [1.165, 1.54) is 25.0 Å². The number of piperidine rings is 1. The lowest BCUT2D eigenvalue weighted by Crippen LogP contribution is -2.40. The number of anilines is 1. The number of hydrogen-bond donors (Lipinski definition) is 1. The van der Waals surface area contributed by atoms with Gasteiger partial charge in [0, 0.05) is 30.7 Å². The summed E-state index contributed by atoms with van der Waals surface area (Å²) in [5.41, 5.74) is 0.792. The van der Waals surface area contributed by atoms with Crippen LogP contribution < -0.4 is 10.2 Å². The molecule has 2 unspecified atom stereocenters. The lowest BCUT2D eigenvalue weighted by Gasteiger charge is -2.30. The van der Waals surface area contributed by atoms with Gasteiger partial charge in [0.15, 0.2) is 0 Å². The summed E-state index contributed by atoms with van der Waals surface area (Å²) in [6, 6.07) is 7.42. The maximum Gasteiger partial charge on any atom is 0.227 e. The fourth-order valence-corrected chi connectivity index (χ4v) is 3.82. The summed E-state index contributed by atoms with van der Waals surface area (Å²) in [7, 11) is 0. The average Bonchev–Trinajstić information content (AvgIpc) is 2.81. The fourth-order valence-electron chi connectivity index (χ4n) is 3.82. The molecule has 2 fully saturated rings. The first kappa shape index (κ1) is 14.5. The Kier molecular flexibility index (Phi) is 4.24. The van der Waals surface area contributed by atoms with Crippen LogP contribution in [-0.4, -0.2) is 24.5 Å². The van der Waals surface area contributed by atoms with Crippen LogP contribution in [0, 0.1) is 11.7 Å². The van der Waals surface area contributed by atoms with Gasteiger partial charge in [0.1, 0.15) is 5.82 Å². The third-order valence-electron chi connectivity index (χ3n) is 4.79. The Balaban J connectivity index is 1.64.